The van der Waals surface area contributed by atoms with Crippen LogP contribution in [0.3, 0.4) is 0 Å². The molecule has 0 bridgehead atoms. The van der Waals surface area contributed by atoms with Gasteiger partial charge in [0.15, 0.2) is 0 Å². The monoisotopic (exact) mass is 256 g/mol. The zero-order valence-corrected chi connectivity index (χ0v) is 9.67. The van der Waals surface area contributed by atoms with E-state index in [2.05, 4.69) is 26.2 Å². The van der Waals surface area contributed by atoms with E-state index in [0.29, 0.717) is 6.04 Å². The van der Waals surface area contributed by atoms with Crippen LogP contribution in [-0.2, 0) is 0 Å². The molecular weight excluding hydrogens is 244 g/mol. The van der Waals surface area contributed by atoms with Gasteiger partial charge in [0.2, 0.25) is 0 Å². The molecule has 1 aliphatic heterocycles. The third kappa shape index (κ3) is 1.91. The number of methoxy groups -OCH3 is 1. The molecule has 1 aliphatic rings. The van der Waals surface area contributed by atoms with Crippen molar-refractivity contribution in [2.45, 2.75) is 18.9 Å². The summed E-state index contributed by atoms with van der Waals surface area (Å²) in [6, 6.07) is 2.39. The molecule has 76 valence electrons. The Balaban J connectivity index is 2.25. The van der Waals surface area contributed by atoms with Crippen molar-refractivity contribution in [1.29, 1.82) is 0 Å². The second kappa shape index (κ2) is 4.28. The first-order valence-electron chi connectivity index (χ1n) is 4.74. The van der Waals surface area contributed by atoms with Gasteiger partial charge in [-0.25, -0.2) is 0 Å². The van der Waals surface area contributed by atoms with Crippen LogP contribution in [0.4, 0.5) is 0 Å². The number of nitrogens with zero attached hydrogens (tertiary/aromatic N) is 1. The highest BCUT2D eigenvalue weighted by Gasteiger charge is 2.18. The molecule has 4 heteroatoms. The molecule has 0 saturated carbocycles. The largest absolute Gasteiger partial charge is 0.495 e. The van der Waals surface area contributed by atoms with Gasteiger partial charge in [0.05, 0.1) is 17.3 Å². The fraction of sp³-hybridized carbons (Fsp3) is 0.500. The first-order valence-corrected chi connectivity index (χ1v) is 5.53. The van der Waals surface area contributed by atoms with E-state index in [1.54, 1.807) is 13.3 Å². The van der Waals surface area contributed by atoms with Crippen molar-refractivity contribution in [3.8, 4) is 5.75 Å². The molecule has 0 amide bonds. The van der Waals surface area contributed by atoms with E-state index in [9.17, 15) is 0 Å². The van der Waals surface area contributed by atoms with Crippen molar-refractivity contribution >= 4 is 15.9 Å². The highest BCUT2D eigenvalue weighted by atomic mass is 79.9. The maximum Gasteiger partial charge on any atom is 0.136 e. The molecule has 1 aromatic rings. The molecule has 1 atom stereocenters. The van der Waals surface area contributed by atoms with E-state index in [1.165, 1.54) is 6.42 Å². The van der Waals surface area contributed by atoms with E-state index >= 15 is 0 Å². The van der Waals surface area contributed by atoms with Crippen LogP contribution in [0.15, 0.2) is 16.7 Å². The molecule has 1 N–H and O–H groups in total. The van der Waals surface area contributed by atoms with Crippen molar-refractivity contribution in [1.82, 2.24) is 10.3 Å². The number of rotatable bonds is 2. The molecule has 0 aliphatic carbocycles. The van der Waals surface area contributed by atoms with Crippen LogP contribution in [0.1, 0.15) is 24.6 Å². The molecule has 2 heterocycles. The second-order valence-electron chi connectivity index (χ2n) is 3.39. The average Bonchev–Trinajstić information content (AvgIpc) is 2.71. The van der Waals surface area contributed by atoms with Crippen molar-refractivity contribution in [3.05, 3.63) is 22.4 Å². The quantitative estimate of drug-likeness (QED) is 0.882. The smallest absolute Gasteiger partial charge is 0.136 e. The summed E-state index contributed by atoms with van der Waals surface area (Å²) in [6.07, 6.45) is 4.19. The summed E-state index contributed by atoms with van der Waals surface area (Å²) >= 11 is 3.39. The van der Waals surface area contributed by atoms with Gasteiger partial charge in [-0.05, 0) is 35.3 Å². The van der Waals surface area contributed by atoms with Crippen LogP contribution in [-0.4, -0.2) is 18.6 Å². The molecular formula is C10H13BrN2O. The van der Waals surface area contributed by atoms with E-state index < -0.39 is 0 Å². The number of aromatic nitrogens is 1. The SMILES string of the molecule is COc1cc(C2CCCN2)ncc1Br. The minimum atomic E-state index is 0.400. The molecule has 1 saturated heterocycles. The molecule has 1 fully saturated rings. The number of halogens is 1. The Morgan fingerprint density at radius 1 is 1.64 bits per heavy atom. The van der Waals surface area contributed by atoms with Crippen LogP contribution in [0.5, 0.6) is 5.75 Å². The number of nitrogens with one attached hydrogen (secondary N) is 1. The van der Waals surface area contributed by atoms with Gasteiger partial charge < -0.3 is 10.1 Å². The lowest BCUT2D eigenvalue weighted by molar-refractivity contribution is 0.409. The third-order valence-electron chi connectivity index (χ3n) is 2.48. The Bertz CT molecular complexity index is 324. The predicted octanol–water partition coefficient (Wildman–Crippen LogP) is 2.28. The van der Waals surface area contributed by atoms with Gasteiger partial charge in [0.1, 0.15) is 5.75 Å². The second-order valence-corrected chi connectivity index (χ2v) is 4.25. The van der Waals surface area contributed by atoms with E-state index in [-0.39, 0.29) is 0 Å². The van der Waals surface area contributed by atoms with Crippen LogP contribution >= 0.6 is 15.9 Å². The summed E-state index contributed by atoms with van der Waals surface area (Å²) < 4.78 is 6.13. The molecule has 0 spiro atoms. The number of hydrogen-bond acceptors (Lipinski definition) is 3. The van der Waals surface area contributed by atoms with E-state index in [1.807, 2.05) is 6.07 Å². The third-order valence-corrected chi connectivity index (χ3v) is 3.07. The molecule has 0 radical (unpaired) electrons. The molecule has 0 aromatic carbocycles. The first-order chi connectivity index (χ1) is 6.81. The Kier molecular flexibility index (Phi) is 3.03. The summed E-state index contributed by atoms with van der Waals surface area (Å²) in [5.41, 5.74) is 1.07. The maximum atomic E-state index is 5.23. The standard InChI is InChI=1S/C10H13BrN2O/c1-14-10-5-9(13-6-7(10)11)8-3-2-4-12-8/h5-6,8,12H,2-4H2,1H3. The van der Waals surface area contributed by atoms with Crippen molar-refractivity contribution in [2.75, 3.05) is 13.7 Å². The zero-order valence-electron chi connectivity index (χ0n) is 8.09. The van der Waals surface area contributed by atoms with Crippen molar-refractivity contribution < 1.29 is 4.74 Å². The van der Waals surface area contributed by atoms with E-state index in [4.69, 9.17) is 4.74 Å². The molecule has 2 rings (SSSR count). The maximum absolute atomic E-state index is 5.23. The number of ether oxygens (including phenoxy) is 1. The Morgan fingerprint density at radius 2 is 2.50 bits per heavy atom. The normalized spacial score (nSPS) is 21.1. The van der Waals surface area contributed by atoms with Gasteiger partial charge in [-0.1, -0.05) is 0 Å². The lowest BCUT2D eigenvalue weighted by Gasteiger charge is -2.11. The van der Waals surface area contributed by atoms with Crippen LogP contribution in [0.2, 0.25) is 0 Å². The Morgan fingerprint density at radius 3 is 3.14 bits per heavy atom. The van der Waals surface area contributed by atoms with Crippen LogP contribution < -0.4 is 10.1 Å². The number of pyridine rings is 1. The van der Waals surface area contributed by atoms with Gasteiger partial charge in [-0.3, -0.25) is 4.98 Å². The van der Waals surface area contributed by atoms with Crippen LogP contribution in [0, 0.1) is 0 Å². The summed E-state index contributed by atoms with van der Waals surface area (Å²) in [5, 5.41) is 3.41. The lowest BCUT2D eigenvalue weighted by atomic mass is 10.1. The van der Waals surface area contributed by atoms with Crippen LogP contribution in [0.25, 0.3) is 0 Å². The molecule has 1 unspecified atom stereocenters. The van der Waals surface area contributed by atoms with Gasteiger partial charge in [-0.15, -0.1) is 0 Å². The van der Waals surface area contributed by atoms with Gasteiger partial charge >= 0.3 is 0 Å². The lowest BCUT2D eigenvalue weighted by Crippen LogP contribution is -2.14. The fourth-order valence-electron chi connectivity index (χ4n) is 1.72. The summed E-state index contributed by atoms with van der Waals surface area (Å²) in [5.74, 6) is 0.851. The fourth-order valence-corrected chi connectivity index (χ4v) is 2.10. The Hall–Kier alpha value is -0.610. The Labute approximate surface area is 92.0 Å². The van der Waals surface area contributed by atoms with Crippen molar-refractivity contribution in [2.24, 2.45) is 0 Å². The van der Waals surface area contributed by atoms with Gasteiger partial charge in [0.25, 0.3) is 0 Å². The highest BCUT2D eigenvalue weighted by molar-refractivity contribution is 9.10. The number of hydrogen-bond donors (Lipinski definition) is 1. The average molecular weight is 257 g/mol. The molecule has 14 heavy (non-hydrogen) atoms. The summed E-state index contributed by atoms with van der Waals surface area (Å²) in [4.78, 5) is 4.38. The first kappa shape index (κ1) is 9.93. The van der Waals surface area contributed by atoms with Gasteiger partial charge in [-0.2, -0.15) is 0 Å². The van der Waals surface area contributed by atoms with Gasteiger partial charge in [0, 0.05) is 18.3 Å². The molecule has 1 aromatic heterocycles. The van der Waals surface area contributed by atoms with Crippen molar-refractivity contribution in [3.63, 3.8) is 0 Å². The topological polar surface area (TPSA) is 34.1 Å². The summed E-state index contributed by atoms with van der Waals surface area (Å²) in [7, 11) is 1.67. The zero-order chi connectivity index (χ0) is 9.97. The minimum absolute atomic E-state index is 0.400. The predicted molar refractivity (Wildman–Crippen MR) is 58.5 cm³/mol. The molecule has 3 nitrogen and oxygen atoms in total. The highest BCUT2D eigenvalue weighted by Crippen LogP contribution is 2.29. The minimum Gasteiger partial charge on any atom is -0.495 e. The summed E-state index contributed by atoms with van der Waals surface area (Å²) in [6.45, 7) is 1.09. The van der Waals surface area contributed by atoms with E-state index in [0.717, 1.165) is 28.9 Å².